The highest BCUT2D eigenvalue weighted by atomic mass is 32.2. The van der Waals surface area contributed by atoms with E-state index in [0.717, 1.165) is 44.8 Å². The normalized spacial score (nSPS) is 13.0. The van der Waals surface area contributed by atoms with Gasteiger partial charge in [0, 0.05) is 6.42 Å². The SMILES string of the molecule is COc1ccc(C2=Nc3cc(C)c(C)cc3N=C(SCC(=O)NCc3ccco3)C2)cc1. The summed E-state index contributed by atoms with van der Waals surface area (Å²) in [5, 5.41) is 3.74. The van der Waals surface area contributed by atoms with Gasteiger partial charge in [0.15, 0.2) is 0 Å². The van der Waals surface area contributed by atoms with Crippen LogP contribution in [0.25, 0.3) is 0 Å². The number of nitrogens with zero attached hydrogens (tertiary/aromatic N) is 2. The molecule has 1 N–H and O–H groups in total. The third kappa shape index (κ3) is 5.29. The zero-order chi connectivity index (χ0) is 22.5. The van der Waals surface area contributed by atoms with Crippen LogP contribution in [0.4, 0.5) is 11.4 Å². The second kappa shape index (κ2) is 9.87. The first-order chi connectivity index (χ1) is 15.5. The summed E-state index contributed by atoms with van der Waals surface area (Å²) in [5.41, 5.74) is 5.93. The molecule has 1 aliphatic rings. The maximum atomic E-state index is 12.4. The van der Waals surface area contributed by atoms with E-state index in [-0.39, 0.29) is 11.7 Å². The Morgan fingerprint density at radius 2 is 1.81 bits per heavy atom. The fourth-order valence-corrected chi connectivity index (χ4v) is 4.10. The van der Waals surface area contributed by atoms with Crippen molar-refractivity contribution >= 4 is 39.8 Å². The first kappa shape index (κ1) is 21.9. The molecule has 0 fully saturated rings. The van der Waals surface area contributed by atoms with Gasteiger partial charge in [0.2, 0.25) is 5.91 Å². The number of amides is 1. The van der Waals surface area contributed by atoms with E-state index in [1.807, 2.05) is 30.3 Å². The number of ether oxygens (including phenoxy) is 1. The molecule has 1 aromatic heterocycles. The van der Waals surface area contributed by atoms with Crippen LogP contribution in [0, 0.1) is 13.8 Å². The number of furan rings is 1. The molecule has 3 aromatic rings. The molecular weight excluding hydrogens is 422 g/mol. The number of aryl methyl sites for hydroxylation is 2. The van der Waals surface area contributed by atoms with Gasteiger partial charge in [-0.05, 0) is 79.1 Å². The molecule has 1 aliphatic heterocycles. The van der Waals surface area contributed by atoms with Crippen LogP contribution in [-0.4, -0.2) is 29.5 Å². The molecule has 0 radical (unpaired) electrons. The molecule has 0 saturated heterocycles. The first-order valence-electron chi connectivity index (χ1n) is 10.3. The lowest BCUT2D eigenvalue weighted by Gasteiger charge is -2.08. The number of methoxy groups -OCH3 is 1. The summed E-state index contributed by atoms with van der Waals surface area (Å²) >= 11 is 1.44. The Morgan fingerprint density at radius 3 is 2.47 bits per heavy atom. The van der Waals surface area contributed by atoms with Gasteiger partial charge in [-0.15, -0.1) is 11.8 Å². The largest absolute Gasteiger partial charge is 0.497 e. The fourth-order valence-electron chi connectivity index (χ4n) is 3.30. The van der Waals surface area contributed by atoms with Gasteiger partial charge in [-0.25, -0.2) is 4.99 Å². The molecule has 6 nitrogen and oxygen atoms in total. The van der Waals surface area contributed by atoms with Crippen molar-refractivity contribution in [1.82, 2.24) is 5.32 Å². The molecule has 164 valence electrons. The van der Waals surface area contributed by atoms with Crippen LogP contribution in [-0.2, 0) is 11.3 Å². The minimum absolute atomic E-state index is 0.0680. The highest BCUT2D eigenvalue weighted by Crippen LogP contribution is 2.36. The van der Waals surface area contributed by atoms with Crippen molar-refractivity contribution < 1.29 is 13.9 Å². The van der Waals surface area contributed by atoms with Gasteiger partial charge in [0.05, 0.1) is 47.8 Å². The quantitative estimate of drug-likeness (QED) is 0.541. The number of thioether (sulfide) groups is 1. The van der Waals surface area contributed by atoms with E-state index in [2.05, 4.69) is 31.3 Å². The lowest BCUT2D eigenvalue weighted by atomic mass is 10.1. The molecule has 0 aliphatic carbocycles. The molecule has 1 amide bonds. The Kier molecular flexibility index (Phi) is 6.75. The minimum atomic E-state index is -0.0680. The smallest absolute Gasteiger partial charge is 0.230 e. The van der Waals surface area contributed by atoms with E-state index in [4.69, 9.17) is 19.1 Å². The van der Waals surface area contributed by atoms with E-state index in [1.54, 1.807) is 19.4 Å². The summed E-state index contributed by atoms with van der Waals surface area (Å²) in [7, 11) is 1.65. The zero-order valence-corrected chi connectivity index (χ0v) is 19.2. The Labute approximate surface area is 191 Å². The lowest BCUT2D eigenvalue weighted by molar-refractivity contribution is -0.118. The number of rotatable bonds is 6. The van der Waals surface area contributed by atoms with Crippen LogP contribution in [0.5, 0.6) is 5.75 Å². The zero-order valence-electron chi connectivity index (χ0n) is 18.3. The van der Waals surface area contributed by atoms with Gasteiger partial charge in [-0.1, -0.05) is 0 Å². The van der Waals surface area contributed by atoms with Crippen LogP contribution in [0.3, 0.4) is 0 Å². The van der Waals surface area contributed by atoms with Crippen LogP contribution in [0.2, 0.25) is 0 Å². The molecule has 0 saturated carbocycles. The van der Waals surface area contributed by atoms with Crippen molar-refractivity contribution in [2.24, 2.45) is 9.98 Å². The van der Waals surface area contributed by atoms with Crippen molar-refractivity contribution in [2.45, 2.75) is 26.8 Å². The van der Waals surface area contributed by atoms with E-state index in [1.165, 1.54) is 17.3 Å². The molecule has 2 aromatic carbocycles. The van der Waals surface area contributed by atoms with Crippen molar-refractivity contribution in [2.75, 3.05) is 12.9 Å². The standard InChI is InChI=1S/C25H25N3O3S/c1-16-11-22-23(12-17(16)2)28-25(32-15-24(29)26-14-20-5-4-10-31-20)13-21(27-22)18-6-8-19(30-3)9-7-18/h4-12H,13-15H2,1-3H3,(H,26,29). The number of carbonyl (C=O) groups excluding carboxylic acids is 1. The van der Waals surface area contributed by atoms with Gasteiger partial charge in [0.25, 0.3) is 0 Å². The molecule has 0 bridgehead atoms. The second-order valence-corrected chi connectivity index (χ2v) is 8.59. The number of fused-ring (bicyclic) bond motifs is 1. The van der Waals surface area contributed by atoms with E-state index in [0.29, 0.717) is 13.0 Å². The Bertz CT molecular complexity index is 1170. The van der Waals surface area contributed by atoms with Crippen molar-refractivity contribution in [3.63, 3.8) is 0 Å². The van der Waals surface area contributed by atoms with Crippen LogP contribution < -0.4 is 10.1 Å². The van der Waals surface area contributed by atoms with Crippen LogP contribution in [0.15, 0.2) is 69.2 Å². The average molecular weight is 448 g/mol. The van der Waals surface area contributed by atoms with Gasteiger partial charge < -0.3 is 14.5 Å². The Hall–Kier alpha value is -3.32. The van der Waals surface area contributed by atoms with E-state index in [9.17, 15) is 4.79 Å². The monoisotopic (exact) mass is 447 g/mol. The first-order valence-corrected chi connectivity index (χ1v) is 11.3. The molecule has 7 heteroatoms. The average Bonchev–Trinajstić information content (AvgIpc) is 3.26. The fraction of sp³-hybridized carbons (Fsp3) is 0.240. The van der Waals surface area contributed by atoms with E-state index < -0.39 is 0 Å². The van der Waals surface area contributed by atoms with Gasteiger partial charge >= 0.3 is 0 Å². The third-order valence-electron chi connectivity index (χ3n) is 5.24. The summed E-state index contributed by atoms with van der Waals surface area (Å²) in [6.45, 7) is 4.52. The topological polar surface area (TPSA) is 76.2 Å². The number of benzene rings is 2. The predicted molar refractivity (Wildman–Crippen MR) is 130 cm³/mol. The molecule has 32 heavy (non-hydrogen) atoms. The maximum Gasteiger partial charge on any atom is 0.230 e. The number of aliphatic imine (C=N–C) groups is 2. The Morgan fingerprint density at radius 1 is 1.09 bits per heavy atom. The Balaban J connectivity index is 1.55. The minimum Gasteiger partial charge on any atom is -0.497 e. The molecule has 0 atom stereocenters. The van der Waals surface area contributed by atoms with Gasteiger partial charge in [-0.3, -0.25) is 9.79 Å². The third-order valence-corrected chi connectivity index (χ3v) is 6.22. The highest BCUT2D eigenvalue weighted by Gasteiger charge is 2.18. The number of hydrogen-bond acceptors (Lipinski definition) is 6. The molecule has 2 heterocycles. The molecule has 4 rings (SSSR count). The molecule has 0 spiro atoms. The molecular formula is C25H25N3O3S. The van der Waals surface area contributed by atoms with Crippen molar-refractivity contribution in [3.8, 4) is 5.75 Å². The highest BCUT2D eigenvalue weighted by molar-refractivity contribution is 8.14. The second-order valence-electron chi connectivity index (χ2n) is 7.54. The summed E-state index contributed by atoms with van der Waals surface area (Å²) in [5.74, 6) is 1.73. The number of carbonyl (C=O) groups is 1. The van der Waals surface area contributed by atoms with Crippen LogP contribution in [0.1, 0.15) is 28.9 Å². The van der Waals surface area contributed by atoms with Crippen molar-refractivity contribution in [1.29, 1.82) is 0 Å². The summed E-state index contributed by atoms with van der Waals surface area (Å²) < 4.78 is 10.5. The predicted octanol–water partition coefficient (Wildman–Crippen LogP) is 5.51. The summed E-state index contributed by atoms with van der Waals surface area (Å²) in [6, 6.07) is 15.6. The van der Waals surface area contributed by atoms with Crippen LogP contribution >= 0.6 is 11.8 Å². The summed E-state index contributed by atoms with van der Waals surface area (Å²) in [4.78, 5) is 22.2. The molecule has 0 unspecified atom stereocenters. The maximum absolute atomic E-state index is 12.4. The van der Waals surface area contributed by atoms with Gasteiger partial charge in [-0.2, -0.15) is 0 Å². The lowest BCUT2D eigenvalue weighted by Crippen LogP contribution is -2.25. The van der Waals surface area contributed by atoms with E-state index >= 15 is 0 Å². The van der Waals surface area contributed by atoms with Gasteiger partial charge in [0.1, 0.15) is 11.5 Å². The summed E-state index contributed by atoms with van der Waals surface area (Å²) in [6.07, 6.45) is 2.15. The van der Waals surface area contributed by atoms with Crippen molar-refractivity contribution in [3.05, 3.63) is 77.2 Å². The number of nitrogens with one attached hydrogen (secondary N) is 1. The number of hydrogen-bond donors (Lipinski definition) is 1.